The van der Waals surface area contributed by atoms with E-state index in [0.29, 0.717) is 4.80 Å². The molecule has 1 aromatic heterocycles. The molecule has 2 heterocycles. The first kappa shape index (κ1) is 25.7. The van der Waals surface area contributed by atoms with Crippen LogP contribution in [0.3, 0.4) is 0 Å². The van der Waals surface area contributed by atoms with Crippen molar-refractivity contribution in [3.8, 4) is 0 Å². The van der Waals surface area contributed by atoms with E-state index in [2.05, 4.69) is 15.6 Å². The van der Waals surface area contributed by atoms with Gasteiger partial charge in [0.05, 0.1) is 5.69 Å². The molecule has 0 spiro atoms. The predicted molar refractivity (Wildman–Crippen MR) is 121 cm³/mol. The number of anilines is 1. The van der Waals surface area contributed by atoms with E-state index in [1.54, 1.807) is 11.6 Å². The van der Waals surface area contributed by atoms with Gasteiger partial charge in [0.15, 0.2) is 11.5 Å². The quantitative estimate of drug-likeness (QED) is 0.588. The van der Waals surface area contributed by atoms with E-state index in [1.165, 1.54) is 28.0 Å². The molecular weight excluding hydrogens is 459 g/mol. The number of ether oxygens (including phenoxy) is 1. The topological polar surface area (TPSA) is 102 Å². The van der Waals surface area contributed by atoms with Crippen molar-refractivity contribution < 1.29 is 23.5 Å². The number of nitrogens with one attached hydrogen (secondary N) is 2. The Balaban J connectivity index is 0.00000363. The molecule has 174 valence electrons. The van der Waals surface area contributed by atoms with Gasteiger partial charge >= 0.3 is 5.97 Å². The average molecular weight is 485 g/mol. The molecule has 0 aliphatic carbocycles. The third-order valence-corrected chi connectivity index (χ3v) is 5.43. The minimum Gasteiger partial charge on any atom is -0.443 e. The Morgan fingerprint density at radius 1 is 1.38 bits per heavy atom. The number of carbonyl (C=O) groups excluding carboxylic acids is 3. The molecule has 1 aliphatic rings. The molecule has 0 radical (unpaired) electrons. The molecule has 3 rings (SSSR count). The van der Waals surface area contributed by atoms with Gasteiger partial charge in [-0.05, 0) is 43.5 Å². The van der Waals surface area contributed by atoms with Crippen LogP contribution in [0.1, 0.15) is 43.5 Å². The highest BCUT2D eigenvalue weighted by Crippen LogP contribution is 2.17. The zero-order valence-corrected chi connectivity index (χ0v) is 19.4. The van der Waals surface area contributed by atoms with E-state index in [0.717, 1.165) is 25.5 Å². The Morgan fingerprint density at radius 2 is 2.16 bits per heavy atom. The Bertz CT molecular complexity index is 1030. The van der Waals surface area contributed by atoms with Crippen molar-refractivity contribution in [3.63, 3.8) is 0 Å². The number of esters is 1. The van der Waals surface area contributed by atoms with Gasteiger partial charge in [0.2, 0.25) is 5.91 Å². The van der Waals surface area contributed by atoms with Gasteiger partial charge in [-0.3, -0.25) is 19.0 Å². The predicted octanol–water partition coefficient (Wildman–Crippen LogP) is 3.09. The lowest BCUT2D eigenvalue weighted by molar-refractivity contribution is -0.149. The second kappa shape index (κ2) is 11.9. The number of hydrogen-bond acceptors (Lipinski definition) is 6. The maximum Gasteiger partial charge on any atom is 0.324 e. The fourth-order valence-corrected chi connectivity index (χ4v) is 3.79. The summed E-state index contributed by atoms with van der Waals surface area (Å²) in [4.78, 5) is 40.7. The van der Waals surface area contributed by atoms with Gasteiger partial charge in [0.25, 0.3) is 5.91 Å². The number of benzene rings is 1. The van der Waals surface area contributed by atoms with Crippen molar-refractivity contribution in [2.45, 2.75) is 45.9 Å². The highest BCUT2D eigenvalue weighted by molar-refractivity contribution is 7.07. The Labute approximate surface area is 195 Å². The van der Waals surface area contributed by atoms with Crippen molar-refractivity contribution in [2.24, 2.45) is 10.9 Å². The smallest absolute Gasteiger partial charge is 0.324 e. The monoisotopic (exact) mass is 484 g/mol. The highest BCUT2D eigenvalue weighted by atomic mass is 35.5. The maximum atomic E-state index is 14.3. The van der Waals surface area contributed by atoms with Crippen LogP contribution in [-0.4, -0.2) is 34.9 Å². The number of hydrogen-bond donors (Lipinski definition) is 2. The van der Waals surface area contributed by atoms with Crippen LogP contribution in [0.4, 0.5) is 10.1 Å². The molecule has 0 saturated carbocycles. The van der Waals surface area contributed by atoms with E-state index in [9.17, 15) is 18.8 Å². The van der Waals surface area contributed by atoms with Crippen molar-refractivity contribution in [1.29, 1.82) is 0 Å². The average Bonchev–Trinajstić information content (AvgIpc) is 3.39. The van der Waals surface area contributed by atoms with E-state index in [1.807, 2.05) is 13.8 Å². The molecule has 8 nitrogen and oxygen atoms in total. The fourth-order valence-electron chi connectivity index (χ4n) is 3.08. The fraction of sp³-hybridized carbons (Fsp3) is 0.429. The molecule has 11 heteroatoms. The molecule has 2 aromatic rings. The van der Waals surface area contributed by atoms with Crippen LogP contribution >= 0.6 is 23.7 Å². The second-order valence-corrected chi connectivity index (χ2v) is 8.53. The van der Waals surface area contributed by atoms with Crippen LogP contribution < -0.4 is 15.4 Å². The number of carbonyl (C=O) groups is 3. The van der Waals surface area contributed by atoms with Crippen LogP contribution in [0.15, 0.2) is 34.8 Å². The maximum absolute atomic E-state index is 14.3. The van der Waals surface area contributed by atoms with Crippen LogP contribution in [0.25, 0.3) is 0 Å². The SMILES string of the molecule is CC(C)CC(=O)Nc1ccc(C(=O)N=c2sccn2COC(=O)[C@@H]2CCCN2)cc1F.Cl. The first-order valence-electron chi connectivity index (χ1n) is 10.1. The van der Waals surface area contributed by atoms with Crippen LogP contribution in [0.5, 0.6) is 0 Å². The first-order valence-corrected chi connectivity index (χ1v) is 10.9. The first-order chi connectivity index (χ1) is 14.8. The standard InChI is InChI=1S/C21H25FN4O4S.ClH/c1-13(2)10-18(27)24-16-6-5-14(11-15(16)22)19(28)25-21-26(8-9-31-21)12-30-20(29)17-4-3-7-23-17;/h5-6,8-9,11,13,17,23H,3-4,7,10,12H2,1-2H3,(H,24,27);1H/t17-;/m0./s1. The summed E-state index contributed by atoms with van der Waals surface area (Å²) in [7, 11) is 0. The molecule has 2 amide bonds. The van der Waals surface area contributed by atoms with Crippen LogP contribution in [0.2, 0.25) is 0 Å². The molecule has 1 fully saturated rings. The van der Waals surface area contributed by atoms with Crippen molar-refractivity contribution in [2.75, 3.05) is 11.9 Å². The lowest BCUT2D eigenvalue weighted by atomic mass is 10.1. The lowest BCUT2D eigenvalue weighted by Gasteiger charge is -2.10. The molecule has 1 saturated heterocycles. The summed E-state index contributed by atoms with van der Waals surface area (Å²) in [5.41, 5.74) is 0.0623. The summed E-state index contributed by atoms with van der Waals surface area (Å²) in [6, 6.07) is 3.49. The van der Waals surface area contributed by atoms with Gasteiger partial charge in [-0.2, -0.15) is 4.99 Å². The number of amides is 2. The van der Waals surface area contributed by atoms with Gasteiger partial charge in [0.1, 0.15) is 11.9 Å². The summed E-state index contributed by atoms with van der Waals surface area (Å²) in [5.74, 6) is -1.84. The molecule has 1 aromatic carbocycles. The summed E-state index contributed by atoms with van der Waals surface area (Å²) in [6.07, 6.45) is 3.59. The Morgan fingerprint density at radius 3 is 2.81 bits per heavy atom. The van der Waals surface area contributed by atoms with E-state index < -0.39 is 11.7 Å². The van der Waals surface area contributed by atoms with Crippen molar-refractivity contribution in [3.05, 3.63) is 46.0 Å². The largest absolute Gasteiger partial charge is 0.443 e. The number of nitrogens with zero attached hydrogens (tertiary/aromatic N) is 2. The van der Waals surface area contributed by atoms with Crippen LogP contribution in [-0.2, 0) is 21.1 Å². The van der Waals surface area contributed by atoms with E-state index in [4.69, 9.17) is 4.74 Å². The van der Waals surface area contributed by atoms with Gasteiger partial charge in [-0.25, -0.2) is 4.39 Å². The Hall–Kier alpha value is -2.56. The molecule has 0 unspecified atom stereocenters. The molecule has 1 aliphatic heterocycles. The summed E-state index contributed by atoms with van der Waals surface area (Å²) >= 11 is 1.20. The summed E-state index contributed by atoms with van der Waals surface area (Å²) in [5, 5.41) is 7.28. The normalized spacial score (nSPS) is 16.0. The zero-order valence-electron chi connectivity index (χ0n) is 17.8. The second-order valence-electron chi connectivity index (χ2n) is 7.65. The molecule has 2 N–H and O–H groups in total. The number of halogens is 2. The van der Waals surface area contributed by atoms with Gasteiger partial charge < -0.3 is 15.4 Å². The molecule has 1 atom stereocenters. The minimum atomic E-state index is -0.713. The van der Waals surface area contributed by atoms with Gasteiger partial charge in [0, 0.05) is 23.6 Å². The summed E-state index contributed by atoms with van der Waals surface area (Å²) in [6.45, 7) is 4.50. The van der Waals surface area contributed by atoms with Gasteiger partial charge in [-0.15, -0.1) is 23.7 Å². The van der Waals surface area contributed by atoms with Crippen molar-refractivity contribution >= 4 is 47.2 Å². The van der Waals surface area contributed by atoms with Crippen molar-refractivity contribution in [1.82, 2.24) is 9.88 Å². The third-order valence-electron chi connectivity index (χ3n) is 4.63. The van der Waals surface area contributed by atoms with E-state index >= 15 is 0 Å². The summed E-state index contributed by atoms with van der Waals surface area (Å²) < 4.78 is 21.2. The molecule has 32 heavy (non-hydrogen) atoms. The van der Waals surface area contributed by atoms with Crippen LogP contribution in [0, 0.1) is 11.7 Å². The lowest BCUT2D eigenvalue weighted by Crippen LogP contribution is -2.33. The van der Waals surface area contributed by atoms with E-state index in [-0.39, 0.29) is 60.6 Å². The number of thiazole rings is 1. The van der Waals surface area contributed by atoms with Gasteiger partial charge in [-0.1, -0.05) is 13.8 Å². The Kier molecular flexibility index (Phi) is 9.55. The third kappa shape index (κ3) is 6.98. The number of aromatic nitrogens is 1. The molecule has 0 bridgehead atoms. The highest BCUT2D eigenvalue weighted by Gasteiger charge is 2.23. The minimum absolute atomic E-state index is 0. The molecular formula is C21H26ClFN4O4S. The zero-order chi connectivity index (χ0) is 22.4. The number of rotatable bonds is 7.